The topological polar surface area (TPSA) is 20.3 Å². The highest BCUT2D eigenvalue weighted by molar-refractivity contribution is 5.99. The standard InChI is InChI=1S/C15H19NO/c1-10(2)13-9-12-8-7-11-5-3-4-6-14(11)16(12)15(13)17/h3-6,10,12-13H,7-9H2,1-2H3/t12-,13?/m0/s1. The summed E-state index contributed by atoms with van der Waals surface area (Å²) in [6, 6.07) is 8.81. The molecule has 0 aromatic heterocycles. The Hall–Kier alpha value is -1.31. The highest BCUT2D eigenvalue weighted by Crippen LogP contribution is 2.40. The molecule has 3 rings (SSSR count). The number of amides is 1. The number of benzene rings is 1. The number of hydrogen-bond acceptors (Lipinski definition) is 1. The fourth-order valence-corrected chi connectivity index (χ4v) is 3.26. The summed E-state index contributed by atoms with van der Waals surface area (Å²) in [4.78, 5) is 14.5. The van der Waals surface area contributed by atoms with Gasteiger partial charge < -0.3 is 4.90 Å². The number of carbonyl (C=O) groups excluding carboxylic acids is 1. The summed E-state index contributed by atoms with van der Waals surface area (Å²) in [6.45, 7) is 4.32. The van der Waals surface area contributed by atoms with E-state index >= 15 is 0 Å². The van der Waals surface area contributed by atoms with Gasteiger partial charge in [-0.25, -0.2) is 0 Å². The molecule has 1 amide bonds. The molecule has 0 N–H and O–H groups in total. The van der Waals surface area contributed by atoms with Crippen molar-refractivity contribution in [2.45, 2.75) is 39.2 Å². The van der Waals surface area contributed by atoms with E-state index in [1.54, 1.807) is 0 Å². The van der Waals surface area contributed by atoms with Crippen LogP contribution in [-0.4, -0.2) is 11.9 Å². The summed E-state index contributed by atoms with van der Waals surface area (Å²) in [7, 11) is 0. The van der Waals surface area contributed by atoms with Crippen molar-refractivity contribution in [3.8, 4) is 0 Å². The second kappa shape index (κ2) is 3.86. The van der Waals surface area contributed by atoms with Crippen LogP contribution in [-0.2, 0) is 11.2 Å². The lowest BCUT2D eigenvalue weighted by atomic mass is 9.91. The first-order valence-corrected chi connectivity index (χ1v) is 6.59. The van der Waals surface area contributed by atoms with Crippen LogP contribution in [0.15, 0.2) is 24.3 Å². The number of aryl methyl sites for hydroxylation is 1. The van der Waals surface area contributed by atoms with Crippen molar-refractivity contribution in [1.82, 2.24) is 0 Å². The zero-order valence-corrected chi connectivity index (χ0v) is 10.5. The van der Waals surface area contributed by atoms with Crippen LogP contribution in [0.4, 0.5) is 5.69 Å². The summed E-state index contributed by atoms with van der Waals surface area (Å²) < 4.78 is 0. The summed E-state index contributed by atoms with van der Waals surface area (Å²) >= 11 is 0. The Morgan fingerprint density at radius 2 is 2.06 bits per heavy atom. The van der Waals surface area contributed by atoms with Gasteiger partial charge in [0.1, 0.15) is 0 Å². The summed E-state index contributed by atoms with van der Waals surface area (Å²) in [6.07, 6.45) is 3.30. The monoisotopic (exact) mass is 229 g/mol. The Morgan fingerprint density at radius 1 is 1.29 bits per heavy atom. The Kier molecular flexibility index (Phi) is 2.46. The number of nitrogens with zero attached hydrogens (tertiary/aromatic N) is 1. The molecule has 90 valence electrons. The molecule has 2 heteroatoms. The molecule has 1 unspecified atom stereocenters. The lowest BCUT2D eigenvalue weighted by molar-refractivity contribution is -0.121. The lowest BCUT2D eigenvalue weighted by Gasteiger charge is -2.31. The van der Waals surface area contributed by atoms with E-state index < -0.39 is 0 Å². The van der Waals surface area contributed by atoms with Crippen LogP contribution in [0.5, 0.6) is 0 Å². The van der Waals surface area contributed by atoms with Crippen molar-refractivity contribution in [2.24, 2.45) is 11.8 Å². The average Bonchev–Trinajstić information content (AvgIpc) is 2.67. The van der Waals surface area contributed by atoms with Crippen LogP contribution in [0.25, 0.3) is 0 Å². The molecule has 2 aliphatic rings. The van der Waals surface area contributed by atoms with Crippen molar-refractivity contribution < 1.29 is 4.79 Å². The summed E-state index contributed by atoms with van der Waals surface area (Å²) in [5, 5.41) is 0. The number of para-hydroxylation sites is 1. The Morgan fingerprint density at radius 3 is 2.82 bits per heavy atom. The number of fused-ring (bicyclic) bond motifs is 3. The molecular weight excluding hydrogens is 210 g/mol. The lowest BCUT2D eigenvalue weighted by Crippen LogP contribution is -2.37. The predicted octanol–water partition coefficient (Wildman–Crippen LogP) is 3.01. The van der Waals surface area contributed by atoms with Gasteiger partial charge in [-0.3, -0.25) is 4.79 Å². The van der Waals surface area contributed by atoms with Crippen LogP contribution in [0.2, 0.25) is 0 Å². The largest absolute Gasteiger partial charge is 0.309 e. The first-order chi connectivity index (χ1) is 8.18. The molecule has 2 atom stereocenters. The normalized spacial score (nSPS) is 27.2. The summed E-state index contributed by atoms with van der Waals surface area (Å²) in [5.41, 5.74) is 2.50. The smallest absolute Gasteiger partial charge is 0.230 e. The third-order valence-corrected chi connectivity index (χ3v) is 4.25. The van der Waals surface area contributed by atoms with E-state index in [1.807, 2.05) is 6.07 Å². The van der Waals surface area contributed by atoms with E-state index in [0.29, 0.717) is 17.9 Å². The van der Waals surface area contributed by atoms with Gasteiger partial charge in [0.25, 0.3) is 0 Å². The van der Waals surface area contributed by atoms with E-state index in [4.69, 9.17) is 0 Å². The molecule has 0 saturated carbocycles. The van der Waals surface area contributed by atoms with E-state index in [0.717, 1.165) is 24.9 Å². The minimum absolute atomic E-state index is 0.228. The van der Waals surface area contributed by atoms with E-state index in [9.17, 15) is 4.79 Å². The zero-order chi connectivity index (χ0) is 12.0. The van der Waals surface area contributed by atoms with Gasteiger partial charge in [-0.15, -0.1) is 0 Å². The minimum Gasteiger partial charge on any atom is -0.309 e. The van der Waals surface area contributed by atoms with Crippen molar-refractivity contribution in [1.29, 1.82) is 0 Å². The zero-order valence-electron chi connectivity index (χ0n) is 10.5. The fraction of sp³-hybridized carbons (Fsp3) is 0.533. The maximum atomic E-state index is 12.5. The highest BCUT2D eigenvalue weighted by Gasteiger charge is 2.43. The quantitative estimate of drug-likeness (QED) is 0.725. The molecular formula is C15H19NO. The minimum atomic E-state index is 0.228. The molecule has 2 nitrogen and oxygen atoms in total. The van der Waals surface area contributed by atoms with Crippen LogP contribution < -0.4 is 4.90 Å². The van der Waals surface area contributed by atoms with Crippen LogP contribution in [0.1, 0.15) is 32.3 Å². The Labute approximate surface area is 103 Å². The molecule has 1 aromatic rings. The van der Waals surface area contributed by atoms with E-state index in [-0.39, 0.29) is 5.92 Å². The molecule has 0 aliphatic carbocycles. The Bertz CT molecular complexity index is 452. The van der Waals surface area contributed by atoms with Gasteiger partial charge in [0, 0.05) is 17.6 Å². The highest BCUT2D eigenvalue weighted by atomic mass is 16.2. The number of carbonyl (C=O) groups is 1. The molecule has 1 fully saturated rings. The van der Waals surface area contributed by atoms with Gasteiger partial charge in [0.15, 0.2) is 0 Å². The van der Waals surface area contributed by atoms with Crippen LogP contribution in [0.3, 0.4) is 0 Å². The second-order valence-electron chi connectivity index (χ2n) is 5.62. The third-order valence-electron chi connectivity index (χ3n) is 4.25. The maximum absolute atomic E-state index is 12.5. The molecule has 2 aliphatic heterocycles. The van der Waals surface area contributed by atoms with Crippen LogP contribution >= 0.6 is 0 Å². The third kappa shape index (κ3) is 1.58. The molecule has 2 heterocycles. The van der Waals surface area contributed by atoms with Crippen LogP contribution in [0, 0.1) is 11.8 Å². The van der Waals surface area contributed by atoms with Gasteiger partial charge in [0.05, 0.1) is 0 Å². The molecule has 1 saturated heterocycles. The van der Waals surface area contributed by atoms with Gasteiger partial charge in [-0.1, -0.05) is 32.0 Å². The van der Waals surface area contributed by atoms with Gasteiger partial charge in [-0.2, -0.15) is 0 Å². The maximum Gasteiger partial charge on any atom is 0.230 e. The number of hydrogen-bond donors (Lipinski definition) is 0. The molecule has 17 heavy (non-hydrogen) atoms. The second-order valence-corrected chi connectivity index (χ2v) is 5.62. The van der Waals surface area contributed by atoms with Gasteiger partial charge >= 0.3 is 0 Å². The Balaban J connectivity index is 2.00. The van der Waals surface area contributed by atoms with Gasteiger partial charge in [0.2, 0.25) is 5.91 Å². The first-order valence-electron chi connectivity index (χ1n) is 6.59. The first kappa shape index (κ1) is 10.8. The van der Waals surface area contributed by atoms with Crippen molar-refractivity contribution in [3.63, 3.8) is 0 Å². The van der Waals surface area contributed by atoms with Crippen molar-refractivity contribution >= 4 is 11.6 Å². The SMILES string of the molecule is CC(C)C1C[C@@H]2CCc3ccccc3N2C1=O. The average molecular weight is 229 g/mol. The summed E-state index contributed by atoms with van der Waals surface area (Å²) in [5.74, 6) is 1.03. The fourth-order valence-electron chi connectivity index (χ4n) is 3.26. The molecule has 1 aromatic carbocycles. The van der Waals surface area contributed by atoms with Crippen molar-refractivity contribution in [3.05, 3.63) is 29.8 Å². The number of anilines is 1. The van der Waals surface area contributed by atoms with E-state index in [2.05, 4.69) is 36.9 Å². The molecule has 0 bridgehead atoms. The molecule has 0 radical (unpaired) electrons. The number of rotatable bonds is 1. The molecule has 0 spiro atoms. The van der Waals surface area contributed by atoms with Crippen molar-refractivity contribution in [2.75, 3.05) is 4.90 Å². The van der Waals surface area contributed by atoms with Gasteiger partial charge in [-0.05, 0) is 36.8 Å². The van der Waals surface area contributed by atoms with E-state index in [1.165, 1.54) is 5.56 Å². The predicted molar refractivity (Wildman–Crippen MR) is 69.0 cm³/mol.